The zero-order valence-electron chi connectivity index (χ0n) is 16.2. The Balaban J connectivity index is 1.56. The SMILES string of the molecule is CC[C@H](CNC(=O)CN1C(=O)NC2(CCC(C)CC2)C1=O)c1ccccc1. The van der Waals surface area contributed by atoms with Gasteiger partial charge in [-0.25, -0.2) is 4.79 Å². The molecule has 2 aliphatic rings. The average molecular weight is 371 g/mol. The number of amides is 4. The minimum absolute atomic E-state index is 0.212. The number of urea groups is 1. The van der Waals surface area contributed by atoms with Crippen LogP contribution in [0.25, 0.3) is 0 Å². The molecule has 1 spiro atoms. The summed E-state index contributed by atoms with van der Waals surface area (Å²) in [6, 6.07) is 9.58. The number of benzene rings is 1. The minimum Gasteiger partial charge on any atom is -0.354 e. The second-order valence-electron chi connectivity index (χ2n) is 7.91. The molecule has 6 heteroatoms. The van der Waals surface area contributed by atoms with Gasteiger partial charge in [0.1, 0.15) is 12.1 Å². The van der Waals surface area contributed by atoms with E-state index in [-0.39, 0.29) is 24.3 Å². The highest BCUT2D eigenvalue weighted by Gasteiger charge is 2.52. The molecule has 1 aromatic rings. The fourth-order valence-electron chi connectivity index (χ4n) is 4.07. The first-order chi connectivity index (χ1) is 12.9. The lowest BCUT2D eigenvalue weighted by Gasteiger charge is -2.33. The standard InChI is InChI=1S/C21H29N3O3/c1-3-16(17-7-5-4-6-8-17)13-22-18(25)14-24-19(26)21(23-20(24)27)11-9-15(2)10-12-21/h4-8,15-16H,3,9-14H2,1-2H3,(H,22,25)(H,23,27)/t15?,16-,21?/m1/s1. The largest absolute Gasteiger partial charge is 0.354 e. The molecule has 0 bridgehead atoms. The molecule has 1 saturated heterocycles. The van der Waals surface area contributed by atoms with Crippen LogP contribution in [-0.2, 0) is 9.59 Å². The van der Waals surface area contributed by atoms with E-state index in [4.69, 9.17) is 0 Å². The van der Waals surface area contributed by atoms with Crippen molar-refractivity contribution in [3.63, 3.8) is 0 Å². The number of imide groups is 1. The minimum atomic E-state index is -0.792. The fourth-order valence-corrected chi connectivity index (χ4v) is 4.07. The van der Waals surface area contributed by atoms with E-state index < -0.39 is 11.6 Å². The van der Waals surface area contributed by atoms with Crippen molar-refractivity contribution in [2.75, 3.05) is 13.1 Å². The van der Waals surface area contributed by atoms with Crippen LogP contribution >= 0.6 is 0 Å². The lowest BCUT2D eigenvalue weighted by molar-refractivity contribution is -0.136. The third kappa shape index (κ3) is 4.15. The van der Waals surface area contributed by atoms with Crippen molar-refractivity contribution in [2.45, 2.75) is 57.4 Å². The number of hydrogen-bond donors (Lipinski definition) is 2. The summed E-state index contributed by atoms with van der Waals surface area (Å²) >= 11 is 0. The molecular formula is C21H29N3O3. The van der Waals surface area contributed by atoms with Crippen LogP contribution in [0.2, 0.25) is 0 Å². The van der Waals surface area contributed by atoms with E-state index in [1.54, 1.807) is 0 Å². The van der Waals surface area contributed by atoms with Gasteiger partial charge in [0.25, 0.3) is 5.91 Å². The summed E-state index contributed by atoms with van der Waals surface area (Å²) in [6.07, 6.45) is 4.04. The Morgan fingerprint density at radius 3 is 2.56 bits per heavy atom. The molecule has 1 atom stereocenters. The van der Waals surface area contributed by atoms with Gasteiger partial charge in [-0.05, 0) is 43.6 Å². The summed E-state index contributed by atoms with van der Waals surface area (Å²) in [5.74, 6) is 0.241. The number of hydrogen-bond acceptors (Lipinski definition) is 3. The first-order valence-electron chi connectivity index (χ1n) is 9.91. The van der Waals surface area contributed by atoms with Gasteiger partial charge in [-0.2, -0.15) is 0 Å². The third-order valence-electron chi connectivity index (χ3n) is 5.98. The topological polar surface area (TPSA) is 78.5 Å². The fraction of sp³-hybridized carbons (Fsp3) is 0.571. The van der Waals surface area contributed by atoms with E-state index in [0.717, 1.165) is 24.2 Å². The van der Waals surface area contributed by atoms with Crippen molar-refractivity contribution in [1.29, 1.82) is 0 Å². The molecule has 0 aromatic heterocycles. The molecule has 1 aromatic carbocycles. The van der Waals surface area contributed by atoms with Gasteiger partial charge in [-0.15, -0.1) is 0 Å². The molecule has 4 amide bonds. The Morgan fingerprint density at radius 1 is 1.26 bits per heavy atom. The molecule has 0 unspecified atom stereocenters. The highest BCUT2D eigenvalue weighted by atomic mass is 16.2. The van der Waals surface area contributed by atoms with Gasteiger partial charge in [0.15, 0.2) is 0 Å². The van der Waals surface area contributed by atoms with Gasteiger partial charge in [-0.3, -0.25) is 14.5 Å². The normalized spacial score (nSPS) is 26.1. The van der Waals surface area contributed by atoms with Crippen LogP contribution < -0.4 is 10.6 Å². The Labute approximate surface area is 160 Å². The van der Waals surface area contributed by atoms with Gasteiger partial charge < -0.3 is 10.6 Å². The Morgan fingerprint density at radius 2 is 1.93 bits per heavy atom. The molecule has 3 rings (SSSR count). The molecule has 1 heterocycles. The van der Waals surface area contributed by atoms with Crippen molar-refractivity contribution in [3.05, 3.63) is 35.9 Å². The monoisotopic (exact) mass is 371 g/mol. The second kappa shape index (κ2) is 8.11. The number of carbonyl (C=O) groups excluding carboxylic acids is 3. The van der Waals surface area contributed by atoms with Gasteiger partial charge >= 0.3 is 6.03 Å². The highest BCUT2D eigenvalue weighted by molar-refractivity contribution is 6.09. The molecule has 1 aliphatic carbocycles. The van der Waals surface area contributed by atoms with E-state index in [9.17, 15) is 14.4 Å². The zero-order chi connectivity index (χ0) is 19.4. The summed E-state index contributed by atoms with van der Waals surface area (Å²) in [4.78, 5) is 38.6. The molecular weight excluding hydrogens is 342 g/mol. The van der Waals surface area contributed by atoms with Crippen molar-refractivity contribution >= 4 is 17.8 Å². The molecule has 1 aliphatic heterocycles. The molecule has 6 nitrogen and oxygen atoms in total. The lowest BCUT2D eigenvalue weighted by atomic mass is 9.77. The van der Waals surface area contributed by atoms with E-state index >= 15 is 0 Å². The van der Waals surface area contributed by atoms with Crippen molar-refractivity contribution in [2.24, 2.45) is 5.92 Å². The van der Waals surface area contributed by atoms with Crippen molar-refractivity contribution < 1.29 is 14.4 Å². The first-order valence-corrected chi connectivity index (χ1v) is 9.91. The van der Waals surface area contributed by atoms with Crippen molar-refractivity contribution in [1.82, 2.24) is 15.5 Å². The van der Waals surface area contributed by atoms with Crippen LogP contribution in [0.15, 0.2) is 30.3 Å². The average Bonchev–Trinajstić information content (AvgIpc) is 2.90. The van der Waals surface area contributed by atoms with Gasteiger partial charge in [-0.1, -0.05) is 44.2 Å². The van der Waals surface area contributed by atoms with Crippen LogP contribution in [-0.4, -0.2) is 41.4 Å². The summed E-state index contributed by atoms with van der Waals surface area (Å²) < 4.78 is 0. The quantitative estimate of drug-likeness (QED) is 0.755. The van der Waals surface area contributed by atoms with Crippen LogP contribution in [0, 0.1) is 5.92 Å². The van der Waals surface area contributed by atoms with Crippen LogP contribution in [0.3, 0.4) is 0 Å². The smallest absolute Gasteiger partial charge is 0.325 e. The molecule has 27 heavy (non-hydrogen) atoms. The number of rotatable bonds is 6. The zero-order valence-corrected chi connectivity index (χ0v) is 16.2. The van der Waals surface area contributed by atoms with Crippen LogP contribution in [0.5, 0.6) is 0 Å². The second-order valence-corrected chi connectivity index (χ2v) is 7.91. The maximum absolute atomic E-state index is 12.8. The van der Waals surface area contributed by atoms with E-state index in [2.05, 4.69) is 24.5 Å². The Kier molecular flexibility index (Phi) is 5.82. The number of nitrogens with zero attached hydrogens (tertiary/aromatic N) is 1. The first kappa shape index (κ1) is 19.4. The van der Waals surface area contributed by atoms with E-state index in [1.807, 2.05) is 30.3 Å². The highest BCUT2D eigenvalue weighted by Crippen LogP contribution is 2.36. The predicted molar refractivity (Wildman–Crippen MR) is 103 cm³/mol. The Hall–Kier alpha value is -2.37. The van der Waals surface area contributed by atoms with Crippen LogP contribution in [0.4, 0.5) is 4.79 Å². The third-order valence-corrected chi connectivity index (χ3v) is 5.98. The maximum atomic E-state index is 12.8. The predicted octanol–water partition coefficient (Wildman–Crippen LogP) is 2.80. The van der Waals surface area contributed by atoms with Gasteiger partial charge in [0.05, 0.1) is 0 Å². The van der Waals surface area contributed by atoms with E-state index in [1.165, 1.54) is 5.56 Å². The van der Waals surface area contributed by atoms with E-state index in [0.29, 0.717) is 25.3 Å². The molecule has 2 fully saturated rings. The Bertz CT molecular complexity index is 696. The van der Waals surface area contributed by atoms with Gasteiger partial charge in [0.2, 0.25) is 5.91 Å². The van der Waals surface area contributed by atoms with Crippen molar-refractivity contribution in [3.8, 4) is 0 Å². The summed E-state index contributed by atoms with van der Waals surface area (Å²) in [5, 5.41) is 5.74. The summed E-state index contributed by atoms with van der Waals surface area (Å²) in [6.45, 7) is 4.52. The molecule has 2 N–H and O–H groups in total. The molecule has 146 valence electrons. The summed E-state index contributed by atoms with van der Waals surface area (Å²) in [7, 11) is 0. The molecule has 1 saturated carbocycles. The van der Waals surface area contributed by atoms with Crippen LogP contribution in [0.1, 0.15) is 57.4 Å². The van der Waals surface area contributed by atoms with Gasteiger partial charge in [0, 0.05) is 12.5 Å². The number of nitrogens with one attached hydrogen (secondary N) is 2. The number of carbonyl (C=O) groups is 3. The molecule has 0 radical (unpaired) electrons. The maximum Gasteiger partial charge on any atom is 0.325 e. The lowest BCUT2D eigenvalue weighted by Crippen LogP contribution is -2.50. The summed E-state index contributed by atoms with van der Waals surface area (Å²) in [5.41, 5.74) is 0.380.